The number of nitrogens with one attached hydrogen (secondary N) is 3. The molecule has 0 aliphatic carbocycles. The van der Waals surface area contributed by atoms with Gasteiger partial charge in [-0.2, -0.15) is 0 Å². The van der Waals surface area contributed by atoms with Crippen LogP contribution in [0.15, 0.2) is 78.9 Å². The number of carbonyl (C=O) groups is 3. The molecule has 0 fully saturated rings. The lowest BCUT2D eigenvalue weighted by atomic mass is 10.1. The van der Waals surface area contributed by atoms with E-state index in [0.29, 0.717) is 42.1 Å². The third-order valence-corrected chi connectivity index (χ3v) is 5.54. The molecular weight excluding hydrogens is 452 g/mol. The van der Waals surface area contributed by atoms with Crippen molar-refractivity contribution in [3.63, 3.8) is 0 Å². The molecule has 0 spiro atoms. The predicted molar refractivity (Wildman–Crippen MR) is 144 cm³/mol. The quantitative estimate of drug-likeness (QED) is 0.339. The van der Waals surface area contributed by atoms with Gasteiger partial charge in [-0.3, -0.25) is 14.4 Å². The Balaban J connectivity index is 1.54. The van der Waals surface area contributed by atoms with E-state index < -0.39 is 0 Å². The Hall–Kier alpha value is -4.13. The highest BCUT2D eigenvalue weighted by molar-refractivity contribution is 5.98. The molecule has 3 aromatic rings. The smallest absolute Gasteiger partial charge is 0.253 e. The molecule has 0 saturated carbocycles. The second kappa shape index (κ2) is 13.7. The number of benzene rings is 3. The van der Waals surface area contributed by atoms with Crippen molar-refractivity contribution in [3.05, 3.63) is 95.6 Å². The van der Waals surface area contributed by atoms with E-state index in [9.17, 15) is 14.4 Å². The number of amides is 3. The normalized spacial score (nSPS) is 10.4. The van der Waals surface area contributed by atoms with Crippen LogP contribution in [0.5, 0.6) is 0 Å². The highest BCUT2D eigenvalue weighted by Crippen LogP contribution is 2.15. The van der Waals surface area contributed by atoms with E-state index in [2.05, 4.69) is 16.0 Å². The molecule has 3 amide bonds. The van der Waals surface area contributed by atoms with Crippen LogP contribution in [0.2, 0.25) is 0 Å². The molecular formula is C29H34N4O3. The van der Waals surface area contributed by atoms with Gasteiger partial charge in [0.25, 0.3) is 11.8 Å². The van der Waals surface area contributed by atoms with Crippen molar-refractivity contribution in [2.75, 3.05) is 30.3 Å². The number of hydrogen-bond donors (Lipinski definition) is 3. The molecule has 7 nitrogen and oxygen atoms in total. The number of nitrogens with zero attached hydrogens (tertiary/aromatic N) is 1. The van der Waals surface area contributed by atoms with E-state index in [1.807, 2.05) is 49.1 Å². The van der Waals surface area contributed by atoms with Gasteiger partial charge in [0.1, 0.15) is 0 Å². The molecule has 7 heteroatoms. The summed E-state index contributed by atoms with van der Waals surface area (Å²) in [4.78, 5) is 39.7. The van der Waals surface area contributed by atoms with E-state index >= 15 is 0 Å². The third kappa shape index (κ3) is 7.98. The highest BCUT2D eigenvalue weighted by atomic mass is 16.2. The Morgan fingerprint density at radius 3 is 2.08 bits per heavy atom. The Bertz CT molecular complexity index is 1160. The summed E-state index contributed by atoms with van der Waals surface area (Å²) < 4.78 is 0. The molecule has 0 bridgehead atoms. The molecule has 0 aliphatic rings. The predicted octanol–water partition coefficient (Wildman–Crippen LogP) is 4.93. The minimum atomic E-state index is -0.252. The number of hydrogen-bond acceptors (Lipinski definition) is 4. The third-order valence-electron chi connectivity index (χ3n) is 5.54. The summed E-state index contributed by atoms with van der Waals surface area (Å²) in [7, 11) is 0. The summed E-state index contributed by atoms with van der Waals surface area (Å²) in [5.74, 6) is -0.471. The van der Waals surface area contributed by atoms with Gasteiger partial charge in [-0.15, -0.1) is 0 Å². The van der Waals surface area contributed by atoms with E-state index in [-0.39, 0.29) is 24.3 Å². The van der Waals surface area contributed by atoms with Gasteiger partial charge in [0.2, 0.25) is 5.91 Å². The molecule has 0 heterocycles. The van der Waals surface area contributed by atoms with Crippen LogP contribution >= 0.6 is 0 Å². The lowest BCUT2D eigenvalue weighted by Gasteiger charge is -2.21. The van der Waals surface area contributed by atoms with Crippen LogP contribution in [-0.2, 0) is 11.3 Å². The van der Waals surface area contributed by atoms with Gasteiger partial charge < -0.3 is 20.9 Å². The van der Waals surface area contributed by atoms with Crippen LogP contribution in [0, 0.1) is 0 Å². The van der Waals surface area contributed by atoms with Gasteiger partial charge in [0.15, 0.2) is 0 Å². The first-order valence-electron chi connectivity index (χ1n) is 12.4. The van der Waals surface area contributed by atoms with Gasteiger partial charge >= 0.3 is 0 Å². The lowest BCUT2D eigenvalue weighted by Crippen LogP contribution is -2.32. The molecule has 0 atom stereocenters. The summed E-state index contributed by atoms with van der Waals surface area (Å²) in [6.07, 6.45) is 1.79. The van der Waals surface area contributed by atoms with Crippen molar-refractivity contribution >= 4 is 29.1 Å². The minimum Gasteiger partial charge on any atom is -0.376 e. The fraction of sp³-hybridized carbons (Fsp3) is 0.276. The number of anilines is 2. The molecule has 3 N–H and O–H groups in total. The van der Waals surface area contributed by atoms with E-state index in [1.54, 1.807) is 48.5 Å². The van der Waals surface area contributed by atoms with Gasteiger partial charge in [0.05, 0.1) is 6.54 Å². The summed E-state index contributed by atoms with van der Waals surface area (Å²) in [6.45, 7) is 5.97. The number of rotatable bonds is 12. The zero-order valence-electron chi connectivity index (χ0n) is 20.9. The second-order valence-electron chi connectivity index (χ2n) is 8.52. The van der Waals surface area contributed by atoms with Crippen molar-refractivity contribution in [1.29, 1.82) is 0 Å². The summed E-state index contributed by atoms with van der Waals surface area (Å²) in [5, 5.41) is 8.79. The molecule has 0 saturated heterocycles. The summed E-state index contributed by atoms with van der Waals surface area (Å²) in [6, 6.07) is 23.7. The first kappa shape index (κ1) is 26.5. The monoisotopic (exact) mass is 486 g/mol. The summed E-state index contributed by atoms with van der Waals surface area (Å²) >= 11 is 0. The molecule has 0 unspecified atom stereocenters. The fourth-order valence-corrected chi connectivity index (χ4v) is 3.81. The maximum absolute atomic E-state index is 12.9. The van der Waals surface area contributed by atoms with Crippen molar-refractivity contribution in [3.8, 4) is 0 Å². The van der Waals surface area contributed by atoms with Crippen LogP contribution < -0.4 is 16.0 Å². The van der Waals surface area contributed by atoms with Crippen molar-refractivity contribution in [2.24, 2.45) is 0 Å². The highest BCUT2D eigenvalue weighted by Gasteiger charge is 2.15. The largest absolute Gasteiger partial charge is 0.376 e. The Morgan fingerprint density at radius 1 is 0.750 bits per heavy atom. The zero-order chi connectivity index (χ0) is 25.8. The molecule has 3 aromatic carbocycles. The lowest BCUT2D eigenvalue weighted by molar-refractivity contribution is -0.114. The van der Waals surface area contributed by atoms with E-state index in [1.165, 1.54) is 0 Å². The van der Waals surface area contributed by atoms with Gasteiger partial charge in [-0.05, 0) is 54.8 Å². The Morgan fingerprint density at radius 2 is 1.39 bits per heavy atom. The topological polar surface area (TPSA) is 90.5 Å². The molecule has 0 aliphatic heterocycles. The van der Waals surface area contributed by atoms with Crippen molar-refractivity contribution in [2.45, 2.75) is 33.2 Å². The van der Waals surface area contributed by atoms with Crippen LogP contribution in [0.1, 0.15) is 53.0 Å². The zero-order valence-corrected chi connectivity index (χ0v) is 20.9. The molecule has 188 valence electrons. The minimum absolute atomic E-state index is 0.0189. The SMILES string of the molecule is CCCN(CCC)C(=O)c1cccc(NC(=O)CNc2cccc(C(=O)NCc3ccccc3)c2)c1. The van der Waals surface area contributed by atoms with Crippen molar-refractivity contribution in [1.82, 2.24) is 10.2 Å². The average molecular weight is 487 g/mol. The Kier molecular flexibility index (Phi) is 10.1. The van der Waals surface area contributed by atoms with Gasteiger partial charge in [0, 0.05) is 42.1 Å². The van der Waals surface area contributed by atoms with E-state index in [0.717, 1.165) is 18.4 Å². The number of carbonyl (C=O) groups excluding carboxylic acids is 3. The van der Waals surface area contributed by atoms with Crippen molar-refractivity contribution < 1.29 is 14.4 Å². The maximum atomic E-state index is 12.9. The first-order chi connectivity index (χ1) is 17.5. The maximum Gasteiger partial charge on any atom is 0.253 e. The van der Waals surface area contributed by atoms with Crippen LogP contribution in [-0.4, -0.2) is 42.3 Å². The molecule has 36 heavy (non-hydrogen) atoms. The van der Waals surface area contributed by atoms with Crippen LogP contribution in [0.25, 0.3) is 0 Å². The second-order valence-corrected chi connectivity index (χ2v) is 8.52. The van der Waals surface area contributed by atoms with Gasteiger partial charge in [-0.25, -0.2) is 0 Å². The summed E-state index contributed by atoms with van der Waals surface area (Å²) in [5.41, 5.74) is 3.31. The molecule has 0 radical (unpaired) electrons. The average Bonchev–Trinajstić information content (AvgIpc) is 2.91. The standard InChI is InChI=1S/C29H34N4O3/c1-3-16-33(17-4-2)29(36)24-13-9-15-26(19-24)32-27(34)21-30-25-14-8-12-23(18-25)28(35)31-20-22-10-6-5-7-11-22/h5-15,18-19,30H,3-4,16-17,20-21H2,1-2H3,(H,31,35)(H,32,34). The van der Waals surface area contributed by atoms with Gasteiger partial charge in [-0.1, -0.05) is 56.3 Å². The first-order valence-corrected chi connectivity index (χ1v) is 12.4. The Labute approximate surface area is 212 Å². The van der Waals surface area contributed by atoms with Crippen LogP contribution in [0.4, 0.5) is 11.4 Å². The fourth-order valence-electron chi connectivity index (χ4n) is 3.81. The van der Waals surface area contributed by atoms with Crippen LogP contribution in [0.3, 0.4) is 0 Å². The van der Waals surface area contributed by atoms with E-state index in [4.69, 9.17) is 0 Å². The molecule has 0 aromatic heterocycles. The molecule has 3 rings (SSSR count).